The van der Waals surface area contributed by atoms with Crippen molar-refractivity contribution in [3.8, 4) is 0 Å². The van der Waals surface area contributed by atoms with Crippen LogP contribution in [0.1, 0.15) is 12.1 Å². The lowest BCUT2D eigenvalue weighted by Crippen LogP contribution is -2.32. The van der Waals surface area contributed by atoms with Gasteiger partial charge in [-0.3, -0.25) is 14.3 Å². The van der Waals surface area contributed by atoms with Crippen LogP contribution < -0.4 is 11.3 Å². The highest BCUT2D eigenvalue weighted by molar-refractivity contribution is 8.60. The molecule has 2 aliphatic heterocycles. The summed E-state index contributed by atoms with van der Waals surface area (Å²) in [5.74, 6) is 0.190. The predicted octanol–water partition coefficient (Wildman–Crippen LogP) is 1.10. The van der Waals surface area contributed by atoms with Crippen molar-refractivity contribution in [1.82, 2.24) is 39.0 Å². The Kier molecular flexibility index (Phi) is 7.54. The number of nitrogen functional groups attached to an aromatic ring is 1. The van der Waals surface area contributed by atoms with Crippen LogP contribution in [0.25, 0.3) is 22.3 Å². The third kappa shape index (κ3) is 5.46. The number of hydrogen-bond acceptors (Lipinski definition) is 14. The van der Waals surface area contributed by atoms with Gasteiger partial charge in [-0.2, -0.15) is 4.98 Å². The lowest BCUT2D eigenvalue weighted by atomic mass is 10.1. The molecule has 4 aromatic rings. The van der Waals surface area contributed by atoms with E-state index in [0.717, 1.165) is 0 Å². The Labute approximate surface area is 239 Å². The molecule has 1 fully saturated rings. The highest BCUT2D eigenvalue weighted by Crippen LogP contribution is 2.58. The van der Waals surface area contributed by atoms with Crippen molar-refractivity contribution >= 4 is 76.6 Å². The number of rotatable bonds is 1. The van der Waals surface area contributed by atoms with Gasteiger partial charge in [-0.1, -0.05) is 12.2 Å². The smallest absolute Gasteiger partial charge is 0.324 e. The van der Waals surface area contributed by atoms with Gasteiger partial charge in [-0.15, -0.1) is 0 Å². The number of nitrogens with one attached hydrogen (secondary N) is 1. The highest BCUT2D eigenvalue weighted by Gasteiger charge is 2.50. The third-order valence-electron chi connectivity index (χ3n) is 6.06. The Morgan fingerprint density at radius 1 is 1.23 bits per heavy atom. The maximum atomic E-state index is 15.9. The van der Waals surface area contributed by atoms with Crippen LogP contribution in [-0.2, 0) is 59.6 Å². The van der Waals surface area contributed by atoms with Gasteiger partial charge in [0.1, 0.15) is 36.5 Å². The topological polar surface area (TPSA) is 200 Å². The molecule has 40 heavy (non-hydrogen) atoms. The fourth-order valence-corrected chi connectivity index (χ4v) is 7.29. The number of imidazole rings is 2. The molecule has 0 spiro atoms. The Morgan fingerprint density at radius 3 is 2.88 bits per heavy atom. The van der Waals surface area contributed by atoms with E-state index in [1.54, 1.807) is 4.57 Å². The van der Waals surface area contributed by atoms with Crippen molar-refractivity contribution < 1.29 is 32.1 Å². The third-order valence-corrected chi connectivity index (χ3v) is 9.85. The molecule has 2 unspecified atom stereocenters. The SMILES string of the molecule is Nc1nc2c(ncn2[C@@H]2O[C@@H]3COP(O)(=S)OCCn4c(nc5cncnc54)COP(=S)(S)O[C@@H]2[C@@H]3F)c(=O)[nH]1. The normalized spacial score (nSPS) is 32.1. The summed E-state index contributed by atoms with van der Waals surface area (Å²) >= 11 is 15.0. The number of ether oxygens (including phenoxy) is 1. The molecule has 0 radical (unpaired) electrons. The molecule has 16 nitrogen and oxygen atoms in total. The number of fused-ring (bicyclic) bond motifs is 6. The number of H-pyrrole nitrogens is 1. The largest absolute Gasteiger partial charge is 0.369 e. The van der Waals surface area contributed by atoms with E-state index in [1.807, 2.05) is 0 Å². The molecule has 4 aromatic heterocycles. The van der Waals surface area contributed by atoms with Crippen LogP contribution in [0.15, 0.2) is 23.6 Å². The Morgan fingerprint density at radius 2 is 2.05 bits per heavy atom. The van der Waals surface area contributed by atoms with Crippen molar-refractivity contribution in [1.29, 1.82) is 0 Å². The zero-order valence-corrected chi connectivity index (χ0v) is 24.3. The van der Waals surface area contributed by atoms with Crippen molar-refractivity contribution in [3.63, 3.8) is 0 Å². The molecule has 0 aliphatic carbocycles. The van der Waals surface area contributed by atoms with Gasteiger partial charge in [-0.25, -0.2) is 24.3 Å². The van der Waals surface area contributed by atoms with Gasteiger partial charge in [0.05, 0.1) is 25.7 Å². The molecular formula is C18H20FN9O7P2S3. The van der Waals surface area contributed by atoms with Gasteiger partial charge in [0, 0.05) is 6.54 Å². The number of anilines is 1. The van der Waals surface area contributed by atoms with Crippen LogP contribution in [0.4, 0.5) is 10.3 Å². The van der Waals surface area contributed by atoms with Crippen LogP contribution in [0.2, 0.25) is 0 Å². The average molecular weight is 652 g/mol. The van der Waals surface area contributed by atoms with Gasteiger partial charge in [0.15, 0.2) is 29.2 Å². The molecule has 6 atom stereocenters. The molecule has 2 aliphatic rings. The molecule has 0 amide bonds. The molecule has 6 heterocycles. The molecule has 6 rings (SSSR count). The number of aromatic amines is 1. The Balaban J connectivity index is 1.38. The Bertz CT molecular complexity index is 1750. The first-order valence-electron chi connectivity index (χ1n) is 11.5. The van der Waals surface area contributed by atoms with E-state index in [0.29, 0.717) is 17.0 Å². The maximum absolute atomic E-state index is 15.9. The highest BCUT2D eigenvalue weighted by atomic mass is 32.9. The van der Waals surface area contributed by atoms with E-state index in [2.05, 4.69) is 42.2 Å². The summed E-state index contributed by atoms with van der Waals surface area (Å²) in [5.41, 5.74) is 2.55. The summed E-state index contributed by atoms with van der Waals surface area (Å²) in [6.07, 6.45) is -1.75. The van der Waals surface area contributed by atoms with Crippen LogP contribution in [-0.4, -0.2) is 75.5 Å². The van der Waals surface area contributed by atoms with Crippen molar-refractivity contribution in [2.24, 2.45) is 0 Å². The van der Waals surface area contributed by atoms with E-state index in [4.69, 9.17) is 52.2 Å². The first-order chi connectivity index (χ1) is 19.0. The number of thiol groups is 1. The van der Waals surface area contributed by atoms with E-state index >= 15 is 4.39 Å². The van der Waals surface area contributed by atoms with Gasteiger partial charge >= 0.3 is 6.72 Å². The van der Waals surface area contributed by atoms with Gasteiger partial charge < -0.3 is 38.0 Å². The van der Waals surface area contributed by atoms with Crippen LogP contribution in [0.3, 0.4) is 0 Å². The fraction of sp³-hybridized carbons (Fsp3) is 0.444. The first kappa shape index (κ1) is 28.2. The number of nitrogens with zero attached hydrogens (tertiary/aromatic N) is 7. The van der Waals surface area contributed by atoms with Crippen molar-refractivity contribution in [3.05, 3.63) is 35.0 Å². The number of aromatic nitrogens is 8. The summed E-state index contributed by atoms with van der Waals surface area (Å²) in [6.45, 7) is -4.40. The second-order valence-corrected chi connectivity index (χ2v) is 16.7. The molecule has 0 saturated carbocycles. The summed E-state index contributed by atoms with van der Waals surface area (Å²) in [6, 6.07) is 0. The molecule has 4 N–H and O–H groups in total. The molecular weight excluding hydrogens is 631 g/mol. The standard InChI is InChI=1S/C18H20FN9O7P2S3/c19-11-9-4-32-36(30,38)31-2-1-27-10(24-8-3-21-6-22-14(8)27)5-33-37(39,40)35-13(11)17(34-9)28-7-23-12-15(28)25-18(20)26-16(12)29/h3,6-7,9,11,13,17H,1-2,4-5H2,(H,30,38)(H,39,40)(H3,20,25,26,29)/t9-,11-,13-,17-,36?/m1/s1. The monoisotopic (exact) mass is 651 g/mol. The number of alkyl halides is 1. The van der Waals surface area contributed by atoms with Crippen molar-refractivity contribution in [2.75, 3.05) is 18.9 Å². The van der Waals surface area contributed by atoms with Gasteiger partial charge in [0.25, 0.3) is 5.56 Å². The summed E-state index contributed by atoms with van der Waals surface area (Å²) in [5, 5.41) is 0. The van der Waals surface area contributed by atoms with Gasteiger partial charge in [0.2, 0.25) is 11.6 Å². The molecule has 2 bridgehead atoms. The number of hydrogen-bond donors (Lipinski definition) is 4. The predicted molar refractivity (Wildman–Crippen MR) is 148 cm³/mol. The van der Waals surface area contributed by atoms with Gasteiger partial charge in [-0.05, 0) is 23.6 Å². The van der Waals surface area contributed by atoms with Crippen molar-refractivity contribution in [2.45, 2.75) is 37.8 Å². The van der Waals surface area contributed by atoms with E-state index < -0.39 is 49.2 Å². The zero-order chi connectivity index (χ0) is 28.2. The first-order valence-corrected chi connectivity index (χ1v) is 17.8. The van der Waals surface area contributed by atoms with Crippen LogP contribution in [0.5, 0.6) is 0 Å². The number of halogens is 1. The Hall–Kier alpha value is -1.96. The second kappa shape index (κ2) is 10.7. The fourth-order valence-electron chi connectivity index (χ4n) is 4.34. The summed E-state index contributed by atoms with van der Waals surface area (Å²) in [7, 11) is 0. The average Bonchev–Trinajstić information content (AvgIpc) is 3.55. The van der Waals surface area contributed by atoms with E-state index in [1.165, 1.54) is 23.4 Å². The molecule has 0 aromatic carbocycles. The minimum Gasteiger partial charge on any atom is -0.369 e. The summed E-state index contributed by atoms with van der Waals surface area (Å²) < 4.78 is 47.4. The minimum atomic E-state index is -3.82. The summed E-state index contributed by atoms with van der Waals surface area (Å²) in [4.78, 5) is 46.1. The van der Waals surface area contributed by atoms with Crippen LogP contribution in [0, 0.1) is 0 Å². The quantitative estimate of drug-likeness (QED) is 0.168. The minimum absolute atomic E-state index is 0.0156. The number of nitrogens with two attached hydrogens (primary N) is 1. The van der Waals surface area contributed by atoms with Crippen LogP contribution >= 0.6 is 24.7 Å². The second-order valence-electron chi connectivity index (χ2n) is 8.61. The molecule has 214 valence electrons. The lowest BCUT2D eigenvalue weighted by molar-refractivity contribution is -0.0441. The molecule has 1 saturated heterocycles. The lowest BCUT2D eigenvalue weighted by Gasteiger charge is -2.26. The molecule has 22 heteroatoms. The van der Waals surface area contributed by atoms with E-state index in [9.17, 15) is 9.69 Å². The van der Waals surface area contributed by atoms with E-state index in [-0.39, 0.29) is 36.9 Å². The maximum Gasteiger partial charge on any atom is 0.324 e. The zero-order valence-electron chi connectivity index (χ0n) is 20.0.